The maximum absolute atomic E-state index is 12.9. The molecule has 3 rings (SSSR count). The number of methoxy groups -OCH3 is 1. The van der Waals surface area contributed by atoms with E-state index in [9.17, 15) is 4.79 Å². The number of rotatable bonds is 9. The summed E-state index contributed by atoms with van der Waals surface area (Å²) in [5, 5.41) is 6.88. The van der Waals surface area contributed by atoms with Gasteiger partial charge in [-0.25, -0.2) is 4.99 Å². The van der Waals surface area contributed by atoms with Crippen molar-refractivity contribution in [2.45, 2.75) is 65.2 Å². The minimum atomic E-state index is 0.0684. The summed E-state index contributed by atoms with van der Waals surface area (Å²) in [5.74, 6) is 0.909. The first-order valence-electron chi connectivity index (χ1n) is 12.0. The van der Waals surface area contributed by atoms with Gasteiger partial charge in [0.05, 0.1) is 18.8 Å². The Balaban J connectivity index is 1.56. The second kappa shape index (κ2) is 11.7. The average molecular weight is 445 g/mol. The maximum Gasteiger partial charge on any atom is 0.254 e. The van der Waals surface area contributed by atoms with Gasteiger partial charge in [-0.2, -0.15) is 0 Å². The van der Waals surface area contributed by atoms with Gasteiger partial charge in [-0.3, -0.25) is 4.79 Å². The van der Waals surface area contributed by atoms with E-state index in [1.165, 1.54) is 19.3 Å². The predicted molar refractivity (Wildman–Crippen MR) is 128 cm³/mol. The van der Waals surface area contributed by atoms with Gasteiger partial charge in [-0.1, -0.05) is 18.6 Å². The molecule has 0 aromatic heterocycles. The van der Waals surface area contributed by atoms with Gasteiger partial charge < -0.3 is 25.0 Å². The molecule has 32 heavy (non-hydrogen) atoms. The summed E-state index contributed by atoms with van der Waals surface area (Å²) in [7, 11) is 1.77. The molecule has 178 valence electrons. The highest BCUT2D eigenvalue weighted by atomic mass is 16.5. The van der Waals surface area contributed by atoms with E-state index in [2.05, 4.69) is 17.6 Å². The largest absolute Gasteiger partial charge is 0.385 e. The van der Waals surface area contributed by atoms with Crippen molar-refractivity contribution in [2.24, 2.45) is 10.4 Å². The van der Waals surface area contributed by atoms with Crippen LogP contribution in [0.2, 0.25) is 0 Å². The Morgan fingerprint density at radius 2 is 1.88 bits per heavy atom. The monoisotopic (exact) mass is 444 g/mol. The lowest BCUT2D eigenvalue weighted by atomic mass is 9.67. The normalized spacial score (nSPS) is 22.9. The lowest BCUT2D eigenvalue weighted by Crippen LogP contribution is -2.48. The van der Waals surface area contributed by atoms with Crippen LogP contribution in [-0.2, 0) is 16.0 Å². The number of nitrogens with one attached hydrogen (secondary N) is 2. The molecule has 0 radical (unpaired) electrons. The van der Waals surface area contributed by atoms with Gasteiger partial charge in [0.15, 0.2) is 5.96 Å². The number of carbonyl (C=O) groups excluding carboxylic acids is 1. The molecular formula is C25H40N4O3. The van der Waals surface area contributed by atoms with E-state index < -0.39 is 0 Å². The molecule has 1 aromatic carbocycles. The zero-order valence-corrected chi connectivity index (χ0v) is 20.2. The van der Waals surface area contributed by atoms with E-state index in [1.807, 2.05) is 43.0 Å². The molecule has 2 aliphatic rings. The van der Waals surface area contributed by atoms with Crippen LogP contribution in [0.1, 0.15) is 62.4 Å². The molecule has 1 aliphatic carbocycles. The molecule has 0 spiro atoms. The van der Waals surface area contributed by atoms with Gasteiger partial charge in [-0.15, -0.1) is 0 Å². The van der Waals surface area contributed by atoms with Gasteiger partial charge in [0.1, 0.15) is 0 Å². The second-order valence-corrected chi connectivity index (χ2v) is 9.31. The van der Waals surface area contributed by atoms with E-state index in [1.54, 1.807) is 7.11 Å². The molecule has 2 fully saturated rings. The highest BCUT2D eigenvalue weighted by Crippen LogP contribution is 2.43. The van der Waals surface area contributed by atoms with E-state index in [0.717, 1.165) is 37.6 Å². The Hall–Kier alpha value is -2.12. The first-order chi connectivity index (χ1) is 15.4. The van der Waals surface area contributed by atoms with Crippen molar-refractivity contribution in [3.05, 3.63) is 35.4 Å². The molecule has 1 amide bonds. The number of hydrogen-bond donors (Lipinski definition) is 2. The Morgan fingerprint density at radius 1 is 1.19 bits per heavy atom. The third-order valence-electron chi connectivity index (χ3n) is 6.55. The van der Waals surface area contributed by atoms with Gasteiger partial charge in [-0.05, 0) is 63.1 Å². The fraction of sp³-hybridized carbons (Fsp3) is 0.680. The molecule has 1 heterocycles. The summed E-state index contributed by atoms with van der Waals surface area (Å²) in [6.07, 6.45) is 5.03. The molecule has 2 unspecified atom stereocenters. The van der Waals surface area contributed by atoms with Crippen molar-refractivity contribution < 1.29 is 14.3 Å². The lowest BCUT2D eigenvalue weighted by Gasteiger charge is -2.42. The molecule has 1 aromatic rings. The predicted octanol–water partition coefficient (Wildman–Crippen LogP) is 3.20. The van der Waals surface area contributed by atoms with Crippen molar-refractivity contribution in [3.8, 4) is 0 Å². The number of benzene rings is 1. The number of ether oxygens (including phenoxy) is 2. The van der Waals surface area contributed by atoms with Crippen LogP contribution in [0, 0.1) is 5.41 Å². The third kappa shape index (κ3) is 6.69. The summed E-state index contributed by atoms with van der Waals surface area (Å²) in [5.41, 5.74) is 2.14. The smallest absolute Gasteiger partial charge is 0.254 e. The Kier molecular flexibility index (Phi) is 8.93. The number of nitrogens with zero attached hydrogens (tertiary/aromatic N) is 2. The summed E-state index contributed by atoms with van der Waals surface area (Å²) >= 11 is 0. The van der Waals surface area contributed by atoms with Gasteiger partial charge in [0.25, 0.3) is 5.91 Å². The van der Waals surface area contributed by atoms with E-state index >= 15 is 0 Å². The molecular weight excluding hydrogens is 404 g/mol. The zero-order valence-electron chi connectivity index (χ0n) is 20.2. The fourth-order valence-electron chi connectivity index (χ4n) is 4.57. The van der Waals surface area contributed by atoms with Crippen LogP contribution in [0.4, 0.5) is 0 Å². The fourth-order valence-corrected chi connectivity index (χ4v) is 4.57. The van der Waals surface area contributed by atoms with Gasteiger partial charge >= 0.3 is 0 Å². The Bertz CT molecular complexity index is 751. The van der Waals surface area contributed by atoms with Crippen molar-refractivity contribution in [1.82, 2.24) is 15.5 Å². The van der Waals surface area contributed by atoms with Crippen LogP contribution in [-0.4, -0.2) is 68.9 Å². The minimum absolute atomic E-state index is 0.0684. The molecule has 7 heteroatoms. The highest BCUT2D eigenvalue weighted by molar-refractivity contribution is 5.94. The Labute approximate surface area is 192 Å². The summed E-state index contributed by atoms with van der Waals surface area (Å²) < 4.78 is 11.0. The number of amides is 1. The van der Waals surface area contributed by atoms with Gasteiger partial charge in [0.2, 0.25) is 0 Å². The molecule has 7 nitrogen and oxygen atoms in total. The van der Waals surface area contributed by atoms with E-state index in [0.29, 0.717) is 30.6 Å². The molecule has 2 atom stereocenters. The summed E-state index contributed by atoms with van der Waals surface area (Å²) in [4.78, 5) is 19.5. The number of guanidine groups is 1. The van der Waals surface area contributed by atoms with Crippen molar-refractivity contribution >= 4 is 11.9 Å². The number of hydrogen-bond acceptors (Lipinski definition) is 4. The lowest BCUT2D eigenvalue weighted by molar-refractivity contribution is -0.0586. The highest BCUT2D eigenvalue weighted by Gasteiger charge is 2.36. The zero-order chi connectivity index (χ0) is 23.0. The Morgan fingerprint density at radius 3 is 2.44 bits per heavy atom. The van der Waals surface area contributed by atoms with Crippen LogP contribution in [0.5, 0.6) is 0 Å². The van der Waals surface area contributed by atoms with Crippen LogP contribution in [0.3, 0.4) is 0 Å². The van der Waals surface area contributed by atoms with Crippen LogP contribution in [0.25, 0.3) is 0 Å². The van der Waals surface area contributed by atoms with Crippen molar-refractivity contribution in [3.63, 3.8) is 0 Å². The molecule has 1 aliphatic heterocycles. The summed E-state index contributed by atoms with van der Waals surface area (Å²) in [6, 6.07) is 7.82. The molecule has 1 saturated carbocycles. The van der Waals surface area contributed by atoms with Crippen LogP contribution in [0.15, 0.2) is 29.3 Å². The maximum atomic E-state index is 12.9. The van der Waals surface area contributed by atoms with Gasteiger partial charge in [0, 0.05) is 45.5 Å². The van der Waals surface area contributed by atoms with Crippen molar-refractivity contribution in [2.75, 3.05) is 39.9 Å². The van der Waals surface area contributed by atoms with Crippen molar-refractivity contribution in [1.29, 1.82) is 0 Å². The SMILES string of the molecule is CCNC(=NCc1ccc(C(=O)N2CC(C)OC(C)C2)cc1)NCC1(CCOC)CCC1. The quantitative estimate of drug-likeness (QED) is 0.452. The van der Waals surface area contributed by atoms with E-state index in [-0.39, 0.29) is 18.1 Å². The van der Waals surface area contributed by atoms with E-state index in [4.69, 9.17) is 14.5 Å². The summed E-state index contributed by atoms with van der Waals surface area (Å²) in [6.45, 7) is 10.5. The number of aliphatic imine (C=N–C) groups is 1. The number of carbonyl (C=O) groups is 1. The minimum Gasteiger partial charge on any atom is -0.385 e. The first-order valence-corrected chi connectivity index (χ1v) is 12.0. The standard InChI is InChI=1S/C25H40N4O3/c1-5-26-24(28-18-25(11-6-12-25)13-14-31-4)27-15-21-7-9-22(10-8-21)23(30)29-16-19(2)32-20(3)17-29/h7-10,19-20H,5-6,11-18H2,1-4H3,(H2,26,27,28). The molecule has 1 saturated heterocycles. The molecule has 0 bridgehead atoms. The first kappa shape index (κ1) is 24.5. The van der Waals surface area contributed by atoms with Crippen LogP contribution >= 0.6 is 0 Å². The third-order valence-corrected chi connectivity index (χ3v) is 6.55. The van der Waals surface area contributed by atoms with Crippen LogP contribution < -0.4 is 10.6 Å². The second-order valence-electron chi connectivity index (χ2n) is 9.31. The number of morpholine rings is 1. The topological polar surface area (TPSA) is 75.2 Å². The average Bonchev–Trinajstić information content (AvgIpc) is 2.75. The molecule has 2 N–H and O–H groups in total.